The van der Waals surface area contributed by atoms with E-state index < -0.39 is 0 Å². The summed E-state index contributed by atoms with van der Waals surface area (Å²) in [6.45, 7) is 0. The molecular formula is C11H11Cl. The highest BCUT2D eigenvalue weighted by Gasteiger charge is 2.14. The highest BCUT2D eigenvalue weighted by Crippen LogP contribution is 2.30. The average molecular weight is 179 g/mol. The van der Waals surface area contributed by atoms with Gasteiger partial charge in [0.25, 0.3) is 0 Å². The molecular weight excluding hydrogens is 168 g/mol. The van der Waals surface area contributed by atoms with Crippen LogP contribution in [0.4, 0.5) is 0 Å². The third kappa shape index (κ3) is 1.54. The molecule has 1 unspecified atom stereocenters. The van der Waals surface area contributed by atoms with E-state index in [4.69, 9.17) is 11.6 Å². The molecule has 1 atom stereocenters. The van der Waals surface area contributed by atoms with E-state index in [9.17, 15) is 0 Å². The van der Waals surface area contributed by atoms with Gasteiger partial charge in [-0.1, -0.05) is 36.4 Å². The number of hydrogen-bond acceptors (Lipinski definition) is 0. The Hall–Kier alpha value is -0.750. The SMILES string of the molecule is ClC1CC=C(c2ccccc2)C1. The second-order valence-corrected chi connectivity index (χ2v) is 3.75. The molecule has 0 aromatic heterocycles. The predicted molar refractivity (Wildman–Crippen MR) is 53.3 cm³/mol. The Bertz CT molecular complexity index is 287. The molecule has 0 radical (unpaired) electrons. The summed E-state index contributed by atoms with van der Waals surface area (Å²) in [5.74, 6) is 0. The predicted octanol–water partition coefficient (Wildman–Crippen LogP) is 3.47. The van der Waals surface area contributed by atoms with Crippen LogP contribution in [0.3, 0.4) is 0 Å². The molecule has 0 aliphatic heterocycles. The Balaban J connectivity index is 2.22. The molecule has 0 saturated heterocycles. The first-order valence-corrected chi connectivity index (χ1v) is 4.68. The normalized spacial score (nSPS) is 22.4. The summed E-state index contributed by atoms with van der Waals surface area (Å²) in [6.07, 6.45) is 4.28. The molecule has 2 rings (SSSR count). The van der Waals surface area contributed by atoms with E-state index in [1.165, 1.54) is 11.1 Å². The van der Waals surface area contributed by atoms with Gasteiger partial charge in [-0.25, -0.2) is 0 Å². The minimum absolute atomic E-state index is 0.320. The van der Waals surface area contributed by atoms with Gasteiger partial charge in [-0.15, -0.1) is 11.6 Å². The van der Waals surface area contributed by atoms with E-state index in [0.29, 0.717) is 5.38 Å². The third-order valence-electron chi connectivity index (χ3n) is 2.21. The maximum Gasteiger partial charge on any atom is 0.0411 e. The Morgan fingerprint density at radius 1 is 1.17 bits per heavy atom. The summed E-state index contributed by atoms with van der Waals surface area (Å²) in [4.78, 5) is 0. The lowest BCUT2D eigenvalue weighted by Gasteiger charge is -2.01. The summed E-state index contributed by atoms with van der Waals surface area (Å²) in [5, 5.41) is 0.320. The van der Waals surface area contributed by atoms with Crippen molar-refractivity contribution < 1.29 is 0 Å². The molecule has 0 fully saturated rings. The second-order valence-electron chi connectivity index (χ2n) is 3.13. The molecule has 62 valence electrons. The molecule has 1 heteroatoms. The van der Waals surface area contributed by atoms with E-state index in [0.717, 1.165) is 12.8 Å². The van der Waals surface area contributed by atoms with Crippen molar-refractivity contribution in [1.29, 1.82) is 0 Å². The molecule has 1 aliphatic carbocycles. The summed E-state index contributed by atoms with van der Waals surface area (Å²) in [5.41, 5.74) is 2.72. The summed E-state index contributed by atoms with van der Waals surface area (Å²) in [7, 11) is 0. The van der Waals surface area contributed by atoms with Crippen molar-refractivity contribution in [2.24, 2.45) is 0 Å². The zero-order valence-electron chi connectivity index (χ0n) is 6.83. The Morgan fingerprint density at radius 2 is 1.92 bits per heavy atom. The fourth-order valence-corrected chi connectivity index (χ4v) is 1.82. The van der Waals surface area contributed by atoms with Crippen LogP contribution < -0.4 is 0 Å². The van der Waals surface area contributed by atoms with Crippen LogP contribution >= 0.6 is 11.6 Å². The van der Waals surface area contributed by atoms with E-state index in [1.54, 1.807) is 0 Å². The first kappa shape index (κ1) is 7.88. The lowest BCUT2D eigenvalue weighted by Crippen LogP contribution is -1.88. The maximum atomic E-state index is 6.00. The molecule has 0 saturated carbocycles. The minimum Gasteiger partial charge on any atom is -0.122 e. The van der Waals surface area contributed by atoms with Gasteiger partial charge in [-0.2, -0.15) is 0 Å². The van der Waals surface area contributed by atoms with Crippen LogP contribution in [0.5, 0.6) is 0 Å². The van der Waals surface area contributed by atoms with Gasteiger partial charge in [0.15, 0.2) is 0 Å². The van der Waals surface area contributed by atoms with Gasteiger partial charge in [0.05, 0.1) is 0 Å². The fraction of sp³-hybridized carbons (Fsp3) is 0.273. The van der Waals surface area contributed by atoms with E-state index in [1.807, 2.05) is 6.07 Å². The second kappa shape index (κ2) is 3.32. The number of hydrogen-bond donors (Lipinski definition) is 0. The smallest absolute Gasteiger partial charge is 0.0411 e. The van der Waals surface area contributed by atoms with E-state index >= 15 is 0 Å². The Labute approximate surface area is 77.9 Å². The molecule has 1 aliphatic rings. The highest BCUT2D eigenvalue weighted by atomic mass is 35.5. The van der Waals surface area contributed by atoms with Crippen molar-refractivity contribution in [2.75, 3.05) is 0 Å². The van der Waals surface area contributed by atoms with E-state index in [-0.39, 0.29) is 0 Å². The highest BCUT2D eigenvalue weighted by molar-refractivity contribution is 6.21. The lowest BCUT2D eigenvalue weighted by molar-refractivity contribution is 0.946. The zero-order chi connectivity index (χ0) is 8.39. The molecule has 0 N–H and O–H groups in total. The molecule has 0 nitrogen and oxygen atoms in total. The first-order chi connectivity index (χ1) is 5.86. The zero-order valence-corrected chi connectivity index (χ0v) is 7.59. The monoisotopic (exact) mass is 178 g/mol. The Morgan fingerprint density at radius 3 is 2.50 bits per heavy atom. The summed E-state index contributed by atoms with van der Waals surface area (Å²) in [6, 6.07) is 10.5. The molecule has 0 heterocycles. The van der Waals surface area contributed by atoms with Crippen molar-refractivity contribution in [1.82, 2.24) is 0 Å². The molecule has 1 aromatic rings. The van der Waals surface area contributed by atoms with Crippen LogP contribution in [0.15, 0.2) is 36.4 Å². The topological polar surface area (TPSA) is 0 Å². The van der Waals surface area contributed by atoms with Gasteiger partial charge in [0.2, 0.25) is 0 Å². The van der Waals surface area contributed by atoms with Crippen LogP contribution in [0, 0.1) is 0 Å². The molecule has 12 heavy (non-hydrogen) atoms. The van der Waals surface area contributed by atoms with Crippen LogP contribution in [-0.2, 0) is 0 Å². The van der Waals surface area contributed by atoms with Gasteiger partial charge in [-0.05, 0) is 24.0 Å². The Kier molecular flexibility index (Phi) is 2.18. The molecule has 1 aromatic carbocycles. The third-order valence-corrected chi connectivity index (χ3v) is 2.54. The van der Waals surface area contributed by atoms with Gasteiger partial charge < -0.3 is 0 Å². The van der Waals surface area contributed by atoms with Gasteiger partial charge in [-0.3, -0.25) is 0 Å². The van der Waals surface area contributed by atoms with Gasteiger partial charge >= 0.3 is 0 Å². The number of allylic oxidation sites excluding steroid dienone is 2. The van der Waals surface area contributed by atoms with Crippen LogP contribution in [0.2, 0.25) is 0 Å². The van der Waals surface area contributed by atoms with Crippen molar-refractivity contribution in [3.63, 3.8) is 0 Å². The van der Waals surface area contributed by atoms with Crippen molar-refractivity contribution >= 4 is 17.2 Å². The first-order valence-electron chi connectivity index (χ1n) is 4.25. The average Bonchev–Trinajstić information content (AvgIpc) is 2.54. The molecule has 0 bridgehead atoms. The largest absolute Gasteiger partial charge is 0.122 e. The maximum absolute atomic E-state index is 6.00. The quantitative estimate of drug-likeness (QED) is 0.578. The van der Waals surface area contributed by atoms with Crippen LogP contribution in [-0.4, -0.2) is 5.38 Å². The molecule has 0 amide bonds. The summed E-state index contributed by atoms with van der Waals surface area (Å²) >= 11 is 6.00. The summed E-state index contributed by atoms with van der Waals surface area (Å²) < 4.78 is 0. The minimum atomic E-state index is 0.320. The number of benzene rings is 1. The van der Waals surface area contributed by atoms with Gasteiger partial charge in [0.1, 0.15) is 0 Å². The van der Waals surface area contributed by atoms with Crippen molar-refractivity contribution in [2.45, 2.75) is 18.2 Å². The van der Waals surface area contributed by atoms with Gasteiger partial charge in [0, 0.05) is 5.38 Å². The lowest BCUT2D eigenvalue weighted by atomic mass is 10.1. The number of rotatable bonds is 1. The van der Waals surface area contributed by atoms with E-state index in [2.05, 4.69) is 30.3 Å². The van der Waals surface area contributed by atoms with Crippen LogP contribution in [0.1, 0.15) is 18.4 Å². The standard InChI is InChI=1S/C11H11Cl/c12-11-7-6-10(8-11)9-4-2-1-3-5-9/h1-6,11H,7-8H2. The van der Waals surface area contributed by atoms with Crippen molar-refractivity contribution in [3.05, 3.63) is 42.0 Å². The number of alkyl halides is 1. The number of halogens is 1. The molecule has 0 spiro atoms. The fourth-order valence-electron chi connectivity index (χ4n) is 1.56. The van der Waals surface area contributed by atoms with Crippen molar-refractivity contribution in [3.8, 4) is 0 Å². The van der Waals surface area contributed by atoms with Crippen LogP contribution in [0.25, 0.3) is 5.57 Å².